The van der Waals surface area contributed by atoms with Crippen LogP contribution in [0.4, 0.5) is 0 Å². The first-order valence-corrected chi connectivity index (χ1v) is 6.13. The minimum Gasteiger partial charge on any atom is -0.0683 e. The molecule has 0 aromatic heterocycles. The molecule has 0 radical (unpaired) electrons. The van der Waals surface area contributed by atoms with Gasteiger partial charge in [-0.1, -0.05) is 74.7 Å². The lowest BCUT2D eigenvalue weighted by Gasteiger charge is -2.05. The Balaban J connectivity index is -0.000000218. The highest BCUT2D eigenvalue weighted by Gasteiger charge is 1.95. The van der Waals surface area contributed by atoms with E-state index in [1.54, 1.807) is 0 Å². The van der Waals surface area contributed by atoms with Gasteiger partial charge in [-0.2, -0.15) is 0 Å². The number of hydrogen-bond acceptors (Lipinski definition) is 0. The van der Waals surface area contributed by atoms with E-state index in [1.165, 1.54) is 19.3 Å². The summed E-state index contributed by atoms with van der Waals surface area (Å²) in [6.45, 7) is 17.2. The van der Waals surface area contributed by atoms with Gasteiger partial charge in [-0.25, -0.2) is 0 Å². The zero-order chi connectivity index (χ0) is 11.3. The summed E-state index contributed by atoms with van der Waals surface area (Å²) in [7, 11) is 0. The Labute approximate surface area is 87.1 Å². The zero-order valence-electron chi connectivity index (χ0n) is 11.3. The molecule has 0 aromatic rings. The van der Waals surface area contributed by atoms with Crippen LogP contribution in [0.5, 0.6) is 0 Å². The molecule has 0 aliphatic rings. The molecule has 0 aromatic carbocycles. The fourth-order valence-corrected chi connectivity index (χ4v) is 0.934. The van der Waals surface area contributed by atoms with Gasteiger partial charge in [-0.15, -0.1) is 0 Å². The lowest BCUT2D eigenvalue weighted by Crippen LogP contribution is -1.90. The zero-order valence-corrected chi connectivity index (χ0v) is 11.3. The highest BCUT2D eigenvalue weighted by Crippen LogP contribution is 2.10. The molecule has 0 amide bonds. The Morgan fingerprint density at radius 2 is 0.846 bits per heavy atom. The Morgan fingerprint density at radius 3 is 1.00 bits per heavy atom. The van der Waals surface area contributed by atoms with Gasteiger partial charge < -0.3 is 0 Å². The lowest BCUT2D eigenvalue weighted by molar-refractivity contribution is 0.480. The van der Waals surface area contributed by atoms with Gasteiger partial charge in [-0.05, 0) is 11.8 Å². The summed E-state index contributed by atoms with van der Waals surface area (Å²) in [6, 6.07) is 0. The maximum absolute atomic E-state index is 2.29. The Bertz CT molecular complexity index is 45.1. The predicted octanol–water partition coefficient (Wildman–Crippen LogP) is 5.52. The number of rotatable bonds is 4. The van der Waals surface area contributed by atoms with Gasteiger partial charge in [0.15, 0.2) is 0 Å². The van der Waals surface area contributed by atoms with E-state index in [0.717, 1.165) is 11.8 Å². The van der Waals surface area contributed by atoms with Gasteiger partial charge in [0.1, 0.15) is 0 Å². The maximum atomic E-state index is 2.29. The minimum absolute atomic E-state index is 0.892. The molecule has 0 aliphatic carbocycles. The van der Waals surface area contributed by atoms with Crippen molar-refractivity contribution in [2.24, 2.45) is 11.8 Å². The van der Waals surface area contributed by atoms with Gasteiger partial charge >= 0.3 is 0 Å². The van der Waals surface area contributed by atoms with Gasteiger partial charge in [-0.3, -0.25) is 0 Å². The largest absolute Gasteiger partial charge is 0.0683 e. The summed E-state index contributed by atoms with van der Waals surface area (Å²) >= 11 is 0. The molecule has 0 bridgehead atoms. The highest BCUT2D eigenvalue weighted by molar-refractivity contribution is 4.49. The molecule has 0 spiro atoms. The maximum Gasteiger partial charge on any atom is -0.0471 e. The Hall–Kier alpha value is 0. The molecule has 13 heavy (non-hydrogen) atoms. The van der Waals surface area contributed by atoms with Crippen LogP contribution >= 0.6 is 0 Å². The predicted molar refractivity (Wildman–Crippen MR) is 66.2 cm³/mol. The van der Waals surface area contributed by atoms with Crippen molar-refractivity contribution in [2.75, 3.05) is 0 Å². The SMILES string of the molecule is CC.CC.CC(C)CCCC(C)C. The smallest absolute Gasteiger partial charge is 0.0471 e. The standard InChI is InChI=1S/C9H20.2C2H6/c1-8(2)6-5-7-9(3)4;2*1-2/h8-9H,5-7H2,1-4H3;2*1-2H3. The second-order valence-electron chi connectivity index (χ2n) is 3.72. The van der Waals surface area contributed by atoms with Crippen LogP contribution in [-0.4, -0.2) is 0 Å². The molecular weight excluding hydrogens is 156 g/mol. The normalized spacial score (nSPS) is 8.77. The summed E-state index contributed by atoms with van der Waals surface area (Å²) in [6.07, 6.45) is 4.21. The van der Waals surface area contributed by atoms with E-state index in [0.29, 0.717) is 0 Å². The highest BCUT2D eigenvalue weighted by atomic mass is 14.0. The topological polar surface area (TPSA) is 0 Å². The van der Waals surface area contributed by atoms with Gasteiger partial charge in [0, 0.05) is 0 Å². The van der Waals surface area contributed by atoms with Crippen LogP contribution in [0.15, 0.2) is 0 Å². The molecule has 0 rings (SSSR count). The second-order valence-corrected chi connectivity index (χ2v) is 3.72. The van der Waals surface area contributed by atoms with Crippen molar-refractivity contribution >= 4 is 0 Å². The summed E-state index contributed by atoms with van der Waals surface area (Å²) in [5, 5.41) is 0. The van der Waals surface area contributed by atoms with Crippen molar-refractivity contribution < 1.29 is 0 Å². The molecular formula is C13H32. The molecule has 0 saturated heterocycles. The molecule has 0 aliphatic heterocycles. The van der Waals surface area contributed by atoms with E-state index in [2.05, 4.69) is 27.7 Å². The third kappa shape index (κ3) is 33.3. The third-order valence-corrected chi connectivity index (χ3v) is 1.56. The quantitative estimate of drug-likeness (QED) is 0.545. The van der Waals surface area contributed by atoms with Crippen molar-refractivity contribution in [3.05, 3.63) is 0 Å². The van der Waals surface area contributed by atoms with Crippen LogP contribution in [0.1, 0.15) is 74.7 Å². The molecule has 0 nitrogen and oxygen atoms in total. The van der Waals surface area contributed by atoms with E-state index >= 15 is 0 Å². The first-order valence-electron chi connectivity index (χ1n) is 6.13. The van der Waals surface area contributed by atoms with Crippen LogP contribution in [0, 0.1) is 11.8 Å². The van der Waals surface area contributed by atoms with Crippen molar-refractivity contribution in [2.45, 2.75) is 74.7 Å². The van der Waals surface area contributed by atoms with Crippen LogP contribution in [0.2, 0.25) is 0 Å². The summed E-state index contributed by atoms with van der Waals surface area (Å²) in [5.41, 5.74) is 0. The van der Waals surface area contributed by atoms with Gasteiger partial charge in [0.05, 0.1) is 0 Å². The van der Waals surface area contributed by atoms with E-state index < -0.39 is 0 Å². The van der Waals surface area contributed by atoms with Crippen molar-refractivity contribution in [1.82, 2.24) is 0 Å². The van der Waals surface area contributed by atoms with E-state index in [-0.39, 0.29) is 0 Å². The summed E-state index contributed by atoms with van der Waals surface area (Å²) in [5.74, 6) is 1.78. The summed E-state index contributed by atoms with van der Waals surface area (Å²) < 4.78 is 0. The average molecular weight is 188 g/mol. The first-order chi connectivity index (χ1) is 6.13. The fraction of sp³-hybridized carbons (Fsp3) is 1.00. The Morgan fingerprint density at radius 1 is 0.615 bits per heavy atom. The van der Waals surface area contributed by atoms with E-state index in [9.17, 15) is 0 Å². The van der Waals surface area contributed by atoms with Gasteiger partial charge in [0.25, 0.3) is 0 Å². The molecule has 0 heteroatoms. The van der Waals surface area contributed by atoms with Crippen LogP contribution in [0.25, 0.3) is 0 Å². The van der Waals surface area contributed by atoms with Crippen LogP contribution < -0.4 is 0 Å². The third-order valence-electron chi connectivity index (χ3n) is 1.56. The average Bonchev–Trinajstić information content (AvgIpc) is 2.10. The van der Waals surface area contributed by atoms with Crippen molar-refractivity contribution in [1.29, 1.82) is 0 Å². The van der Waals surface area contributed by atoms with E-state index in [1.807, 2.05) is 27.7 Å². The van der Waals surface area contributed by atoms with Gasteiger partial charge in [0.2, 0.25) is 0 Å². The summed E-state index contributed by atoms with van der Waals surface area (Å²) in [4.78, 5) is 0. The monoisotopic (exact) mass is 188 g/mol. The van der Waals surface area contributed by atoms with Crippen molar-refractivity contribution in [3.8, 4) is 0 Å². The molecule has 0 saturated carbocycles. The molecule has 0 unspecified atom stereocenters. The fourth-order valence-electron chi connectivity index (χ4n) is 0.934. The lowest BCUT2D eigenvalue weighted by atomic mass is 10.0. The number of hydrogen-bond donors (Lipinski definition) is 0. The van der Waals surface area contributed by atoms with Crippen molar-refractivity contribution in [3.63, 3.8) is 0 Å². The molecule has 0 atom stereocenters. The Kier molecular flexibility index (Phi) is 25.8. The second kappa shape index (κ2) is 17.9. The molecule has 0 fully saturated rings. The minimum atomic E-state index is 0.892. The molecule has 0 N–H and O–H groups in total. The van der Waals surface area contributed by atoms with Crippen LogP contribution in [-0.2, 0) is 0 Å². The first kappa shape index (κ1) is 18.7. The van der Waals surface area contributed by atoms with Crippen LogP contribution in [0.3, 0.4) is 0 Å². The molecule has 0 heterocycles. The van der Waals surface area contributed by atoms with E-state index in [4.69, 9.17) is 0 Å². The molecule has 84 valence electrons.